The van der Waals surface area contributed by atoms with Crippen molar-refractivity contribution < 1.29 is 14.3 Å². The number of hydrogen-bond acceptors (Lipinski definition) is 4. The third kappa shape index (κ3) is 6.61. The summed E-state index contributed by atoms with van der Waals surface area (Å²) in [6.45, 7) is 3.87. The van der Waals surface area contributed by atoms with Gasteiger partial charge in [0.1, 0.15) is 0 Å². The molecule has 0 saturated heterocycles. The number of likely N-dealkylation sites (N-methyl/N-ethyl adjacent to an activating group) is 1. The molecule has 1 N–H and O–H groups in total. The van der Waals surface area contributed by atoms with Gasteiger partial charge in [0.25, 0.3) is 0 Å². The Labute approximate surface area is 162 Å². The average Bonchev–Trinajstić information content (AvgIpc) is 2.68. The Morgan fingerprint density at radius 1 is 0.963 bits per heavy atom. The van der Waals surface area contributed by atoms with Crippen LogP contribution >= 0.6 is 0 Å². The van der Waals surface area contributed by atoms with Gasteiger partial charge in [-0.3, -0.25) is 9.69 Å². The van der Waals surface area contributed by atoms with Crippen LogP contribution < -0.4 is 14.8 Å². The van der Waals surface area contributed by atoms with E-state index in [2.05, 4.69) is 36.5 Å². The molecule has 0 unspecified atom stereocenters. The summed E-state index contributed by atoms with van der Waals surface area (Å²) in [5.41, 5.74) is 3.64. The summed E-state index contributed by atoms with van der Waals surface area (Å²) in [4.78, 5) is 14.2. The molecule has 0 heterocycles. The molecular weight excluding hydrogens is 340 g/mol. The number of carbonyl (C=O) groups excluding carboxylic acids is 1. The summed E-state index contributed by atoms with van der Waals surface area (Å²) in [5, 5.41) is 2.98. The van der Waals surface area contributed by atoms with E-state index >= 15 is 0 Å². The van der Waals surface area contributed by atoms with Gasteiger partial charge >= 0.3 is 0 Å². The molecule has 0 fully saturated rings. The number of nitrogens with zero attached hydrogens (tertiary/aromatic N) is 1. The summed E-state index contributed by atoms with van der Waals surface area (Å²) >= 11 is 0. The summed E-state index contributed by atoms with van der Waals surface area (Å²) < 4.78 is 10.5. The highest BCUT2D eigenvalue weighted by Gasteiger charge is 2.08. The fourth-order valence-corrected chi connectivity index (χ4v) is 2.93. The Kier molecular flexibility index (Phi) is 8.14. The molecule has 0 bridgehead atoms. The van der Waals surface area contributed by atoms with E-state index in [1.54, 1.807) is 14.2 Å². The minimum absolute atomic E-state index is 0.0307. The molecule has 0 saturated carbocycles. The van der Waals surface area contributed by atoms with Crippen LogP contribution in [0.25, 0.3) is 0 Å². The van der Waals surface area contributed by atoms with E-state index in [4.69, 9.17) is 9.47 Å². The largest absolute Gasteiger partial charge is 0.493 e. The predicted octanol–water partition coefficient (Wildman–Crippen LogP) is 3.06. The maximum atomic E-state index is 12.2. The first-order valence-electron chi connectivity index (χ1n) is 9.29. The Morgan fingerprint density at radius 3 is 2.22 bits per heavy atom. The van der Waals surface area contributed by atoms with Gasteiger partial charge in [0.15, 0.2) is 11.5 Å². The van der Waals surface area contributed by atoms with E-state index in [-0.39, 0.29) is 5.91 Å². The van der Waals surface area contributed by atoms with Crippen LogP contribution in [0.5, 0.6) is 11.5 Å². The lowest BCUT2D eigenvalue weighted by atomic mass is 10.1. The SMILES string of the molecule is CCc1ccc(CN(C)CC(=O)NCCc2ccc(OC)c(OC)c2)cc1. The molecule has 0 aliphatic carbocycles. The van der Waals surface area contributed by atoms with Crippen molar-refractivity contribution >= 4 is 5.91 Å². The normalized spacial score (nSPS) is 10.7. The molecule has 0 aliphatic heterocycles. The highest BCUT2D eigenvalue weighted by molar-refractivity contribution is 5.77. The molecule has 0 aliphatic rings. The van der Waals surface area contributed by atoms with Crippen molar-refractivity contribution in [1.82, 2.24) is 10.2 Å². The van der Waals surface area contributed by atoms with Crippen molar-refractivity contribution in [2.24, 2.45) is 0 Å². The molecule has 5 heteroatoms. The number of amides is 1. The summed E-state index contributed by atoms with van der Waals surface area (Å²) in [6.07, 6.45) is 1.78. The van der Waals surface area contributed by atoms with Gasteiger partial charge in [-0.15, -0.1) is 0 Å². The molecule has 0 radical (unpaired) electrons. The Morgan fingerprint density at radius 2 is 1.59 bits per heavy atom. The van der Waals surface area contributed by atoms with Crippen LogP contribution in [0, 0.1) is 0 Å². The fourth-order valence-electron chi connectivity index (χ4n) is 2.93. The zero-order chi connectivity index (χ0) is 19.6. The Bertz CT molecular complexity index is 729. The lowest BCUT2D eigenvalue weighted by molar-refractivity contribution is -0.122. The van der Waals surface area contributed by atoms with E-state index in [1.807, 2.05) is 30.1 Å². The minimum Gasteiger partial charge on any atom is -0.493 e. The topological polar surface area (TPSA) is 50.8 Å². The summed E-state index contributed by atoms with van der Waals surface area (Å²) in [7, 11) is 5.20. The zero-order valence-electron chi connectivity index (χ0n) is 16.7. The third-order valence-corrected chi connectivity index (χ3v) is 4.48. The van der Waals surface area contributed by atoms with Crippen molar-refractivity contribution in [2.75, 3.05) is 34.4 Å². The first kappa shape index (κ1) is 20.8. The van der Waals surface area contributed by atoms with Gasteiger partial charge < -0.3 is 14.8 Å². The lowest BCUT2D eigenvalue weighted by Crippen LogP contribution is -2.35. The number of benzene rings is 2. The second-order valence-corrected chi connectivity index (χ2v) is 6.63. The van der Waals surface area contributed by atoms with E-state index in [9.17, 15) is 4.79 Å². The maximum Gasteiger partial charge on any atom is 0.234 e. The Hall–Kier alpha value is -2.53. The molecular formula is C22H30N2O3. The van der Waals surface area contributed by atoms with Crippen molar-refractivity contribution in [3.8, 4) is 11.5 Å². The smallest absolute Gasteiger partial charge is 0.234 e. The maximum absolute atomic E-state index is 12.2. The fraction of sp³-hybridized carbons (Fsp3) is 0.409. The second kappa shape index (κ2) is 10.6. The van der Waals surface area contributed by atoms with Gasteiger partial charge in [0, 0.05) is 13.1 Å². The zero-order valence-corrected chi connectivity index (χ0v) is 16.7. The van der Waals surface area contributed by atoms with E-state index in [0.29, 0.717) is 24.6 Å². The molecule has 2 rings (SSSR count). The van der Waals surface area contributed by atoms with Crippen LogP contribution in [0.15, 0.2) is 42.5 Å². The molecule has 1 amide bonds. The number of ether oxygens (including phenoxy) is 2. The molecule has 146 valence electrons. The molecule has 0 aromatic heterocycles. The number of rotatable bonds is 10. The number of methoxy groups -OCH3 is 2. The van der Waals surface area contributed by atoms with Crippen molar-refractivity contribution in [3.05, 3.63) is 59.2 Å². The van der Waals surface area contributed by atoms with Crippen LogP contribution in [0.2, 0.25) is 0 Å². The van der Waals surface area contributed by atoms with Crippen LogP contribution in [-0.4, -0.2) is 45.2 Å². The van der Waals surface area contributed by atoms with Crippen molar-refractivity contribution in [3.63, 3.8) is 0 Å². The molecule has 2 aromatic rings. The van der Waals surface area contributed by atoms with Gasteiger partial charge in [-0.1, -0.05) is 37.3 Å². The monoisotopic (exact) mass is 370 g/mol. The quantitative estimate of drug-likeness (QED) is 0.698. The summed E-state index contributed by atoms with van der Waals surface area (Å²) in [5.74, 6) is 1.44. The highest BCUT2D eigenvalue weighted by atomic mass is 16.5. The average molecular weight is 370 g/mol. The van der Waals surface area contributed by atoms with Crippen molar-refractivity contribution in [2.45, 2.75) is 26.3 Å². The van der Waals surface area contributed by atoms with Crippen molar-refractivity contribution in [1.29, 1.82) is 0 Å². The standard InChI is InChI=1S/C22H30N2O3/c1-5-17-6-8-19(9-7-17)15-24(2)16-22(25)23-13-12-18-10-11-20(26-3)21(14-18)27-4/h6-11,14H,5,12-13,15-16H2,1-4H3,(H,23,25). The number of aryl methyl sites for hydroxylation is 1. The van der Waals surface area contributed by atoms with Gasteiger partial charge in [-0.05, 0) is 48.7 Å². The third-order valence-electron chi connectivity index (χ3n) is 4.48. The molecule has 0 spiro atoms. The molecule has 2 aromatic carbocycles. The molecule has 27 heavy (non-hydrogen) atoms. The number of hydrogen-bond donors (Lipinski definition) is 1. The van der Waals surface area contributed by atoms with Gasteiger partial charge in [0.05, 0.1) is 20.8 Å². The summed E-state index contributed by atoms with van der Waals surface area (Å²) in [6, 6.07) is 14.4. The van der Waals surface area contributed by atoms with Gasteiger partial charge in [0.2, 0.25) is 5.91 Å². The molecule has 5 nitrogen and oxygen atoms in total. The highest BCUT2D eigenvalue weighted by Crippen LogP contribution is 2.27. The lowest BCUT2D eigenvalue weighted by Gasteiger charge is -2.16. The second-order valence-electron chi connectivity index (χ2n) is 6.63. The van der Waals surface area contributed by atoms with Crippen LogP contribution in [0.4, 0.5) is 0 Å². The van der Waals surface area contributed by atoms with Crippen LogP contribution in [0.1, 0.15) is 23.6 Å². The van der Waals surface area contributed by atoms with Crippen LogP contribution in [0.3, 0.4) is 0 Å². The predicted molar refractivity (Wildman–Crippen MR) is 108 cm³/mol. The van der Waals surface area contributed by atoms with Gasteiger partial charge in [-0.25, -0.2) is 0 Å². The number of carbonyl (C=O) groups is 1. The van der Waals surface area contributed by atoms with Crippen LogP contribution in [-0.2, 0) is 24.2 Å². The van der Waals surface area contributed by atoms with E-state index < -0.39 is 0 Å². The van der Waals surface area contributed by atoms with Gasteiger partial charge in [-0.2, -0.15) is 0 Å². The molecule has 0 atom stereocenters. The minimum atomic E-state index is 0.0307. The Balaban J connectivity index is 1.75. The first-order valence-corrected chi connectivity index (χ1v) is 9.29. The van der Waals surface area contributed by atoms with E-state index in [0.717, 1.165) is 24.9 Å². The first-order chi connectivity index (χ1) is 13.0. The number of nitrogens with one attached hydrogen (secondary N) is 1. The van der Waals surface area contributed by atoms with E-state index in [1.165, 1.54) is 11.1 Å².